The third-order valence-electron chi connectivity index (χ3n) is 2.96. The van der Waals surface area contributed by atoms with Crippen molar-refractivity contribution in [2.75, 3.05) is 6.61 Å². The van der Waals surface area contributed by atoms with Crippen LogP contribution in [-0.4, -0.2) is 22.4 Å². The molecule has 1 aromatic rings. The molecule has 0 amide bonds. The molecule has 0 aromatic heterocycles. The van der Waals surface area contributed by atoms with Crippen molar-refractivity contribution in [2.45, 2.75) is 31.2 Å². The van der Waals surface area contributed by atoms with Crippen LogP contribution in [0.1, 0.15) is 25.3 Å². The van der Waals surface area contributed by atoms with Crippen molar-refractivity contribution in [3.63, 3.8) is 0 Å². The summed E-state index contributed by atoms with van der Waals surface area (Å²) >= 11 is 0. The highest BCUT2D eigenvalue weighted by Crippen LogP contribution is 2.46. The van der Waals surface area contributed by atoms with E-state index in [1.807, 2.05) is 13.0 Å². The molecule has 1 fully saturated rings. The highest BCUT2D eigenvalue weighted by Gasteiger charge is 2.60. The second kappa shape index (κ2) is 3.59. The lowest BCUT2D eigenvalue weighted by molar-refractivity contribution is -0.219. The Kier molecular flexibility index (Phi) is 2.54. The highest BCUT2D eigenvalue weighted by atomic mass is 16.6. The van der Waals surface area contributed by atoms with Gasteiger partial charge >= 0.3 is 0 Å². The Hall–Kier alpha value is -0.900. The first-order valence-electron chi connectivity index (χ1n) is 5.26. The Balaban J connectivity index is 2.27. The van der Waals surface area contributed by atoms with Crippen LogP contribution in [0.3, 0.4) is 0 Å². The van der Waals surface area contributed by atoms with Crippen LogP contribution >= 0.6 is 0 Å². The minimum Gasteiger partial charge on any atom is -0.363 e. The maximum atomic E-state index is 10.1. The number of aliphatic hydroxyl groups is 2. The zero-order valence-electron chi connectivity index (χ0n) is 8.81. The maximum Gasteiger partial charge on any atom is 0.222 e. The summed E-state index contributed by atoms with van der Waals surface area (Å²) in [5.41, 5.74) is -0.292. The van der Waals surface area contributed by atoms with E-state index >= 15 is 0 Å². The van der Waals surface area contributed by atoms with Gasteiger partial charge in [-0.25, -0.2) is 0 Å². The van der Waals surface area contributed by atoms with Crippen LogP contribution in [-0.2, 0) is 10.5 Å². The zero-order chi connectivity index (χ0) is 10.9. The fourth-order valence-corrected chi connectivity index (χ4v) is 1.94. The topological polar surface area (TPSA) is 53.0 Å². The molecule has 1 saturated heterocycles. The van der Waals surface area contributed by atoms with Gasteiger partial charge in [-0.05, 0) is 6.42 Å². The van der Waals surface area contributed by atoms with Crippen molar-refractivity contribution in [1.29, 1.82) is 0 Å². The number of ether oxygens (including phenoxy) is 1. The molecule has 1 atom stereocenters. The van der Waals surface area contributed by atoms with Gasteiger partial charge in [-0.1, -0.05) is 43.7 Å². The van der Waals surface area contributed by atoms with Crippen LogP contribution < -0.4 is 0 Å². The van der Waals surface area contributed by atoms with E-state index in [0.717, 1.165) is 6.42 Å². The van der Waals surface area contributed by atoms with Gasteiger partial charge in [0.1, 0.15) is 5.60 Å². The third kappa shape index (κ3) is 1.67. The largest absolute Gasteiger partial charge is 0.363 e. The lowest BCUT2D eigenvalue weighted by Gasteiger charge is -2.28. The van der Waals surface area contributed by atoms with Gasteiger partial charge in [0.05, 0.1) is 6.61 Å². The summed E-state index contributed by atoms with van der Waals surface area (Å²) in [6, 6.07) is 8.84. The first-order chi connectivity index (χ1) is 7.12. The van der Waals surface area contributed by atoms with Gasteiger partial charge in [0.15, 0.2) is 0 Å². The fourth-order valence-electron chi connectivity index (χ4n) is 1.94. The molecule has 0 spiro atoms. The van der Waals surface area contributed by atoms with Crippen LogP contribution in [0.5, 0.6) is 0 Å². The Bertz CT molecular complexity index is 328. The van der Waals surface area contributed by atoms with Gasteiger partial charge < -0.3 is 14.9 Å². The normalized spacial score (nSPS) is 25.3. The molecule has 82 valence electrons. The van der Waals surface area contributed by atoms with E-state index in [4.69, 9.17) is 4.74 Å². The standard InChI is InChI=1S/C12H16O3/c1-2-8-11(9-15-11)12(13,14)10-6-4-3-5-7-10/h3-7,13-14H,2,8-9H2,1H3. The summed E-state index contributed by atoms with van der Waals surface area (Å²) in [7, 11) is 0. The molecule has 1 aliphatic heterocycles. The molecule has 15 heavy (non-hydrogen) atoms. The van der Waals surface area contributed by atoms with E-state index in [9.17, 15) is 10.2 Å². The summed E-state index contributed by atoms with van der Waals surface area (Å²) < 4.78 is 5.26. The molecule has 1 unspecified atom stereocenters. The number of hydrogen-bond donors (Lipinski definition) is 2. The fraction of sp³-hybridized carbons (Fsp3) is 0.500. The molecule has 3 heteroatoms. The molecule has 2 N–H and O–H groups in total. The van der Waals surface area contributed by atoms with Crippen molar-refractivity contribution in [2.24, 2.45) is 0 Å². The number of benzene rings is 1. The predicted molar refractivity (Wildman–Crippen MR) is 56.1 cm³/mol. The van der Waals surface area contributed by atoms with E-state index in [1.165, 1.54) is 0 Å². The molecule has 1 aromatic carbocycles. The van der Waals surface area contributed by atoms with Crippen molar-refractivity contribution >= 4 is 0 Å². The molecule has 0 bridgehead atoms. The Labute approximate surface area is 89.3 Å². The maximum absolute atomic E-state index is 10.1. The number of epoxide rings is 1. The summed E-state index contributed by atoms with van der Waals surface area (Å²) in [6.07, 6.45) is 1.53. The predicted octanol–water partition coefficient (Wildman–Crippen LogP) is 1.39. The van der Waals surface area contributed by atoms with Crippen LogP contribution in [0.2, 0.25) is 0 Å². The SMILES string of the molecule is CCCC1(C(O)(O)c2ccccc2)CO1. The van der Waals surface area contributed by atoms with Gasteiger partial charge in [0, 0.05) is 5.56 Å². The van der Waals surface area contributed by atoms with Gasteiger partial charge in [-0.15, -0.1) is 0 Å². The monoisotopic (exact) mass is 208 g/mol. The molecule has 1 heterocycles. The molecule has 3 nitrogen and oxygen atoms in total. The molecular formula is C12H16O3. The van der Waals surface area contributed by atoms with E-state index < -0.39 is 11.4 Å². The lowest BCUT2D eigenvalue weighted by atomic mass is 9.88. The second-order valence-electron chi connectivity index (χ2n) is 4.07. The first-order valence-corrected chi connectivity index (χ1v) is 5.26. The molecule has 0 radical (unpaired) electrons. The van der Waals surface area contributed by atoms with Gasteiger partial charge in [0.25, 0.3) is 0 Å². The average Bonchev–Trinajstić information content (AvgIpc) is 3.01. The quantitative estimate of drug-likeness (QED) is 0.580. The van der Waals surface area contributed by atoms with Crippen LogP contribution in [0.25, 0.3) is 0 Å². The lowest BCUT2D eigenvalue weighted by Crippen LogP contribution is -2.42. The van der Waals surface area contributed by atoms with Crippen molar-refractivity contribution in [3.05, 3.63) is 35.9 Å². The molecule has 1 aliphatic rings. The van der Waals surface area contributed by atoms with Crippen LogP contribution in [0.4, 0.5) is 0 Å². The van der Waals surface area contributed by atoms with E-state index in [2.05, 4.69) is 0 Å². The molecular weight excluding hydrogens is 192 g/mol. The first kappa shape index (κ1) is 10.6. The Morgan fingerprint density at radius 3 is 2.40 bits per heavy atom. The van der Waals surface area contributed by atoms with Gasteiger partial charge in [-0.3, -0.25) is 0 Å². The van der Waals surface area contributed by atoms with Crippen molar-refractivity contribution < 1.29 is 14.9 Å². The third-order valence-corrected chi connectivity index (χ3v) is 2.96. The highest BCUT2D eigenvalue weighted by molar-refractivity contribution is 5.25. The Morgan fingerprint density at radius 2 is 1.93 bits per heavy atom. The van der Waals surface area contributed by atoms with E-state index in [1.54, 1.807) is 24.3 Å². The van der Waals surface area contributed by atoms with E-state index in [-0.39, 0.29) is 0 Å². The average molecular weight is 208 g/mol. The Morgan fingerprint density at radius 1 is 1.33 bits per heavy atom. The van der Waals surface area contributed by atoms with Gasteiger partial charge in [0.2, 0.25) is 5.79 Å². The van der Waals surface area contributed by atoms with E-state index in [0.29, 0.717) is 18.6 Å². The van der Waals surface area contributed by atoms with Crippen molar-refractivity contribution in [3.8, 4) is 0 Å². The minimum absolute atomic E-state index is 0.419. The summed E-state index contributed by atoms with van der Waals surface area (Å²) in [5.74, 6) is -1.87. The summed E-state index contributed by atoms with van der Waals surface area (Å²) in [4.78, 5) is 0. The smallest absolute Gasteiger partial charge is 0.222 e. The molecule has 2 rings (SSSR count). The summed E-state index contributed by atoms with van der Waals surface area (Å²) in [5, 5.41) is 20.3. The molecule has 0 aliphatic carbocycles. The van der Waals surface area contributed by atoms with Gasteiger partial charge in [-0.2, -0.15) is 0 Å². The summed E-state index contributed by atoms with van der Waals surface area (Å²) in [6.45, 7) is 2.42. The number of rotatable bonds is 4. The van der Waals surface area contributed by atoms with Crippen LogP contribution in [0, 0.1) is 0 Å². The molecule has 0 saturated carbocycles. The second-order valence-corrected chi connectivity index (χ2v) is 4.07. The minimum atomic E-state index is -1.87. The van der Waals surface area contributed by atoms with Crippen LogP contribution in [0.15, 0.2) is 30.3 Å². The number of hydrogen-bond acceptors (Lipinski definition) is 3. The zero-order valence-corrected chi connectivity index (χ0v) is 8.81. The van der Waals surface area contributed by atoms with Crippen molar-refractivity contribution in [1.82, 2.24) is 0 Å².